The molecule has 0 aliphatic rings. The van der Waals surface area contributed by atoms with E-state index in [0.717, 1.165) is 12.1 Å². The molecule has 0 N–H and O–H groups in total. The molecule has 0 radical (unpaired) electrons. The predicted octanol–water partition coefficient (Wildman–Crippen LogP) is 4.17. The van der Waals surface area contributed by atoms with Gasteiger partial charge in [0.2, 0.25) is 0 Å². The molecule has 0 aromatic heterocycles. The second-order valence-electron chi connectivity index (χ2n) is 3.36. The van der Waals surface area contributed by atoms with Gasteiger partial charge in [0, 0.05) is 0 Å². The Morgan fingerprint density at radius 1 is 1.05 bits per heavy atom. The highest BCUT2D eigenvalue weighted by molar-refractivity contribution is 5.54. The number of ether oxygens (including phenoxy) is 2. The third kappa shape index (κ3) is 5.54. The number of hydrogen-bond donors (Lipinski definition) is 0. The highest BCUT2D eigenvalue weighted by atomic mass is 19.4. The molecule has 0 fully saturated rings. The zero-order valence-corrected chi connectivity index (χ0v) is 9.31. The van der Waals surface area contributed by atoms with E-state index < -0.39 is 30.6 Å². The fraction of sp³-hybridized carbons (Fsp3) is 0.273. The van der Waals surface area contributed by atoms with Crippen LogP contribution in [0.4, 0.5) is 26.3 Å². The summed E-state index contributed by atoms with van der Waals surface area (Å²) in [5.41, 5.74) is 0.298. The summed E-state index contributed by atoms with van der Waals surface area (Å²) in [5.74, 6) is -1.51. The monoisotopic (exact) mass is 286 g/mol. The van der Waals surface area contributed by atoms with Crippen molar-refractivity contribution in [3.63, 3.8) is 0 Å². The molecule has 2 nitrogen and oxygen atoms in total. The first-order valence-electron chi connectivity index (χ1n) is 4.82. The number of halogens is 6. The largest absolute Gasteiger partial charge is 0.573 e. The van der Waals surface area contributed by atoms with E-state index in [1.165, 1.54) is 12.1 Å². The zero-order chi connectivity index (χ0) is 14.7. The Hall–Kier alpha value is -1.86. The lowest BCUT2D eigenvalue weighted by molar-refractivity contribution is -0.275. The summed E-state index contributed by atoms with van der Waals surface area (Å²) in [5, 5.41) is 0. The molecule has 0 aliphatic heterocycles. The number of rotatable bonds is 4. The van der Waals surface area contributed by atoms with Crippen LogP contribution < -0.4 is 9.47 Å². The van der Waals surface area contributed by atoms with Crippen molar-refractivity contribution in [2.75, 3.05) is 6.61 Å². The van der Waals surface area contributed by atoms with Crippen molar-refractivity contribution >= 4 is 6.08 Å². The number of alkyl halides is 6. The van der Waals surface area contributed by atoms with Gasteiger partial charge in [0.1, 0.15) is 0 Å². The topological polar surface area (TPSA) is 18.5 Å². The molecule has 106 valence electrons. The second kappa shape index (κ2) is 5.41. The minimum Gasteiger partial charge on any atom is -0.480 e. The van der Waals surface area contributed by atoms with Gasteiger partial charge >= 0.3 is 12.5 Å². The van der Waals surface area contributed by atoms with Crippen LogP contribution in [0.2, 0.25) is 0 Å². The average molecular weight is 286 g/mol. The standard InChI is InChI=1S/C11H8F6O2/c1-2-7-3-4-8(19-11(15,16)17)9(5-7)18-6-10(12,13)14/h2-5H,1,6H2. The molecular formula is C11H8F6O2. The van der Waals surface area contributed by atoms with E-state index in [-0.39, 0.29) is 0 Å². The number of benzene rings is 1. The van der Waals surface area contributed by atoms with Gasteiger partial charge in [-0.2, -0.15) is 13.2 Å². The van der Waals surface area contributed by atoms with Gasteiger partial charge in [-0.25, -0.2) is 0 Å². The van der Waals surface area contributed by atoms with E-state index >= 15 is 0 Å². The first kappa shape index (κ1) is 15.2. The Balaban J connectivity index is 2.99. The SMILES string of the molecule is C=Cc1ccc(OC(F)(F)F)c(OCC(F)(F)F)c1. The maximum Gasteiger partial charge on any atom is 0.573 e. The number of hydrogen-bond acceptors (Lipinski definition) is 2. The van der Waals surface area contributed by atoms with Crippen LogP contribution in [0.1, 0.15) is 5.56 Å². The van der Waals surface area contributed by atoms with Gasteiger partial charge in [0.15, 0.2) is 18.1 Å². The van der Waals surface area contributed by atoms with Gasteiger partial charge in [-0.15, -0.1) is 13.2 Å². The van der Waals surface area contributed by atoms with Crippen molar-refractivity contribution in [1.29, 1.82) is 0 Å². The summed E-state index contributed by atoms with van der Waals surface area (Å²) in [7, 11) is 0. The maximum absolute atomic E-state index is 12.1. The average Bonchev–Trinajstić information content (AvgIpc) is 2.24. The summed E-state index contributed by atoms with van der Waals surface area (Å²) < 4.78 is 80.0. The molecule has 8 heteroatoms. The highest BCUT2D eigenvalue weighted by Gasteiger charge is 2.34. The van der Waals surface area contributed by atoms with Crippen molar-refractivity contribution < 1.29 is 35.8 Å². The minimum atomic E-state index is -5.02. The molecule has 0 saturated carbocycles. The molecule has 0 amide bonds. The summed E-state index contributed by atoms with van der Waals surface area (Å²) in [6.45, 7) is 1.62. The van der Waals surface area contributed by atoms with Crippen LogP contribution in [-0.2, 0) is 0 Å². The molecule has 0 saturated heterocycles. The Bertz CT molecular complexity index is 449. The highest BCUT2D eigenvalue weighted by Crippen LogP contribution is 2.34. The third-order valence-corrected chi connectivity index (χ3v) is 1.82. The lowest BCUT2D eigenvalue weighted by Gasteiger charge is -2.15. The predicted molar refractivity (Wildman–Crippen MR) is 54.8 cm³/mol. The molecule has 0 heterocycles. The molecule has 1 rings (SSSR count). The van der Waals surface area contributed by atoms with Gasteiger partial charge in [-0.3, -0.25) is 0 Å². The fourth-order valence-corrected chi connectivity index (χ4v) is 1.13. The van der Waals surface area contributed by atoms with Gasteiger partial charge in [0.05, 0.1) is 0 Å². The van der Waals surface area contributed by atoms with Crippen LogP contribution in [-0.4, -0.2) is 19.1 Å². The molecular weight excluding hydrogens is 278 g/mol. The van der Waals surface area contributed by atoms with Crippen LogP contribution >= 0.6 is 0 Å². The molecule has 19 heavy (non-hydrogen) atoms. The Labute approximate surface area is 104 Å². The van der Waals surface area contributed by atoms with Crippen LogP contribution in [0, 0.1) is 0 Å². The maximum atomic E-state index is 12.1. The summed E-state index contributed by atoms with van der Waals surface area (Å²) in [4.78, 5) is 0. The zero-order valence-electron chi connectivity index (χ0n) is 9.31. The van der Waals surface area contributed by atoms with Gasteiger partial charge in [0.25, 0.3) is 0 Å². The molecule has 0 bridgehead atoms. The summed E-state index contributed by atoms with van der Waals surface area (Å²) in [6, 6.07) is 3.03. The van der Waals surface area contributed by atoms with E-state index in [9.17, 15) is 26.3 Å². The normalized spacial score (nSPS) is 12.1. The smallest absolute Gasteiger partial charge is 0.480 e. The second-order valence-corrected chi connectivity index (χ2v) is 3.36. The van der Waals surface area contributed by atoms with Crippen LogP contribution in [0.15, 0.2) is 24.8 Å². The molecule has 1 aromatic rings. The van der Waals surface area contributed by atoms with E-state index in [4.69, 9.17) is 0 Å². The summed E-state index contributed by atoms with van der Waals surface area (Å²) in [6.07, 6.45) is -8.44. The van der Waals surface area contributed by atoms with Gasteiger partial charge in [-0.05, 0) is 17.7 Å². The van der Waals surface area contributed by atoms with Gasteiger partial charge in [-0.1, -0.05) is 18.7 Å². The van der Waals surface area contributed by atoms with Crippen LogP contribution in [0.3, 0.4) is 0 Å². The lowest BCUT2D eigenvalue weighted by atomic mass is 10.2. The van der Waals surface area contributed by atoms with Crippen molar-refractivity contribution in [2.45, 2.75) is 12.5 Å². The first-order valence-corrected chi connectivity index (χ1v) is 4.82. The van der Waals surface area contributed by atoms with E-state index in [1.807, 2.05) is 0 Å². The molecule has 0 atom stereocenters. The molecule has 1 aromatic carbocycles. The van der Waals surface area contributed by atoms with Crippen molar-refractivity contribution in [2.24, 2.45) is 0 Å². The first-order chi connectivity index (χ1) is 8.61. The summed E-state index contributed by atoms with van der Waals surface area (Å²) >= 11 is 0. The van der Waals surface area contributed by atoms with Crippen molar-refractivity contribution in [3.8, 4) is 11.5 Å². The van der Waals surface area contributed by atoms with E-state index in [0.29, 0.717) is 5.56 Å². The quantitative estimate of drug-likeness (QED) is 0.773. The fourth-order valence-electron chi connectivity index (χ4n) is 1.13. The molecule has 0 aliphatic carbocycles. The van der Waals surface area contributed by atoms with Gasteiger partial charge < -0.3 is 9.47 Å². The minimum absolute atomic E-state index is 0.298. The van der Waals surface area contributed by atoms with Crippen LogP contribution in [0.25, 0.3) is 6.08 Å². The Morgan fingerprint density at radius 2 is 1.68 bits per heavy atom. The molecule has 0 spiro atoms. The van der Waals surface area contributed by atoms with E-state index in [2.05, 4.69) is 16.1 Å². The lowest BCUT2D eigenvalue weighted by Crippen LogP contribution is -2.21. The Kier molecular flexibility index (Phi) is 4.33. The van der Waals surface area contributed by atoms with E-state index in [1.54, 1.807) is 0 Å². The van der Waals surface area contributed by atoms with Crippen LogP contribution in [0.5, 0.6) is 11.5 Å². The molecule has 0 unspecified atom stereocenters. The van der Waals surface area contributed by atoms with Crippen molar-refractivity contribution in [3.05, 3.63) is 30.3 Å². The third-order valence-electron chi connectivity index (χ3n) is 1.82. The Morgan fingerprint density at radius 3 is 2.16 bits per heavy atom. The van der Waals surface area contributed by atoms with Crippen molar-refractivity contribution in [1.82, 2.24) is 0 Å².